The second-order valence-electron chi connectivity index (χ2n) is 11.3. The van der Waals surface area contributed by atoms with Crippen molar-refractivity contribution in [2.75, 3.05) is 26.2 Å². The summed E-state index contributed by atoms with van der Waals surface area (Å²) in [4.78, 5) is 25.3. The lowest BCUT2D eigenvalue weighted by molar-refractivity contribution is -0.127. The number of benzene rings is 2. The Kier molecular flexibility index (Phi) is 25.1. The first kappa shape index (κ1) is 43.6. The van der Waals surface area contributed by atoms with Crippen molar-refractivity contribution in [3.05, 3.63) is 131 Å². The number of carbonyl (C=O) groups excluding carboxylic acids is 2. The predicted octanol–water partition coefficient (Wildman–Crippen LogP) is 8.22. The molecule has 0 fully saturated rings. The lowest BCUT2D eigenvalue weighted by Crippen LogP contribution is -2.40. The molecule has 0 saturated heterocycles. The average molecular weight is 654 g/mol. The molecule has 3 rings (SSSR count). The first-order chi connectivity index (χ1) is 23.3. The number of hydrogen-bond acceptors (Lipinski definition) is 5. The Hall–Kier alpha value is -4.44. The quantitative estimate of drug-likeness (QED) is 0.0826. The minimum absolute atomic E-state index is 0.0855. The van der Waals surface area contributed by atoms with E-state index in [1.807, 2.05) is 75.1 Å². The fraction of sp³-hybridized carbons (Fsp3) is 0.381. The van der Waals surface area contributed by atoms with E-state index in [0.717, 1.165) is 61.0 Å². The smallest absolute Gasteiger partial charge is 0.293 e. The number of allylic oxidation sites excluding steroid dienone is 6. The number of hydrogen-bond donors (Lipinski definition) is 2. The highest BCUT2D eigenvalue weighted by Gasteiger charge is 2.22. The third-order valence-corrected chi connectivity index (χ3v) is 7.22. The van der Waals surface area contributed by atoms with Gasteiger partial charge in [0.1, 0.15) is 6.61 Å². The van der Waals surface area contributed by atoms with Gasteiger partial charge in [-0.1, -0.05) is 104 Å². The maximum atomic E-state index is 13.5. The van der Waals surface area contributed by atoms with E-state index in [0.29, 0.717) is 26.2 Å². The van der Waals surface area contributed by atoms with Crippen molar-refractivity contribution in [1.29, 1.82) is 0 Å². The zero-order valence-electron chi connectivity index (χ0n) is 30.2. The standard InChI is InChI=1S/C29H39N3O.C9H12O2.C2H6.C2H2/c1-22-9-11-28(12-10-22)29(33)32(21-27-18-23(2)17-26(19-27)13-15-30)24(3)14-16-31-20-25-7-5-4-6-8-25;1-3-4-5-6-9(2)7-11-8-10;2*1-2/h5,7-12,17-19,24,31H,4,6,13-16,20-21,30H2,1-3H3;3-6,8H,1,7H2,2H3;1-2H3;1-2H/b;5-4-,9-6+;;. The molecule has 0 bridgehead atoms. The first-order valence-corrected chi connectivity index (χ1v) is 16.8. The minimum atomic E-state index is 0.0855. The Labute approximate surface area is 291 Å². The molecule has 1 amide bonds. The Balaban J connectivity index is 0.00000124. The van der Waals surface area contributed by atoms with Crippen LogP contribution in [-0.2, 0) is 22.5 Å². The topological polar surface area (TPSA) is 84.7 Å². The van der Waals surface area contributed by atoms with Gasteiger partial charge < -0.3 is 20.7 Å². The molecule has 3 N–H and O–H groups in total. The van der Waals surface area contributed by atoms with Gasteiger partial charge in [-0.25, -0.2) is 0 Å². The average Bonchev–Trinajstić information content (AvgIpc) is 3.10. The van der Waals surface area contributed by atoms with Crippen molar-refractivity contribution in [3.8, 4) is 12.8 Å². The summed E-state index contributed by atoms with van der Waals surface area (Å²) in [6.07, 6.45) is 26.0. The van der Waals surface area contributed by atoms with E-state index in [4.69, 9.17) is 5.73 Å². The fourth-order valence-corrected chi connectivity index (χ4v) is 4.85. The number of amides is 1. The van der Waals surface area contributed by atoms with E-state index < -0.39 is 0 Å². The molecule has 0 aliphatic heterocycles. The Bertz CT molecular complexity index is 1350. The molecular formula is C42H59N3O3. The van der Waals surface area contributed by atoms with Gasteiger partial charge in [0.05, 0.1) is 0 Å². The monoisotopic (exact) mass is 653 g/mol. The van der Waals surface area contributed by atoms with E-state index in [2.05, 4.69) is 79.8 Å². The summed E-state index contributed by atoms with van der Waals surface area (Å²) in [6.45, 7) is 19.5. The van der Waals surface area contributed by atoms with E-state index in [1.165, 1.54) is 16.7 Å². The van der Waals surface area contributed by atoms with Crippen molar-refractivity contribution in [2.45, 2.75) is 79.8 Å². The molecule has 0 spiro atoms. The number of aryl methyl sites for hydroxylation is 2. The van der Waals surface area contributed by atoms with Crippen LogP contribution in [0.5, 0.6) is 0 Å². The zero-order chi connectivity index (χ0) is 36.2. The van der Waals surface area contributed by atoms with Gasteiger partial charge >= 0.3 is 0 Å². The van der Waals surface area contributed by atoms with Crippen LogP contribution in [-0.4, -0.2) is 49.6 Å². The largest absolute Gasteiger partial charge is 0.463 e. The van der Waals surface area contributed by atoms with Crippen molar-refractivity contribution >= 4 is 12.4 Å². The maximum Gasteiger partial charge on any atom is 0.293 e. The van der Waals surface area contributed by atoms with Crippen LogP contribution in [0.3, 0.4) is 0 Å². The second-order valence-corrected chi connectivity index (χ2v) is 11.3. The highest BCUT2D eigenvalue weighted by atomic mass is 16.5. The highest BCUT2D eigenvalue weighted by Crippen LogP contribution is 2.19. The van der Waals surface area contributed by atoms with E-state index >= 15 is 0 Å². The number of carbonyl (C=O) groups is 2. The molecule has 1 aliphatic carbocycles. The van der Waals surface area contributed by atoms with Crippen LogP contribution in [0.2, 0.25) is 0 Å². The maximum absolute atomic E-state index is 13.5. The van der Waals surface area contributed by atoms with Crippen LogP contribution in [0.25, 0.3) is 0 Å². The summed E-state index contributed by atoms with van der Waals surface area (Å²) in [7, 11) is 0. The Morgan fingerprint density at radius 1 is 1.06 bits per heavy atom. The molecule has 0 saturated carbocycles. The summed E-state index contributed by atoms with van der Waals surface area (Å²) in [6, 6.07) is 14.6. The fourth-order valence-electron chi connectivity index (χ4n) is 4.85. The molecule has 6 nitrogen and oxygen atoms in total. The van der Waals surface area contributed by atoms with Crippen LogP contribution in [0, 0.1) is 26.7 Å². The molecule has 0 heterocycles. The van der Waals surface area contributed by atoms with Crippen molar-refractivity contribution in [1.82, 2.24) is 10.2 Å². The van der Waals surface area contributed by atoms with Crippen molar-refractivity contribution < 1.29 is 14.3 Å². The molecule has 1 aliphatic rings. The lowest BCUT2D eigenvalue weighted by atomic mass is 10.0. The number of nitrogens with one attached hydrogen (secondary N) is 1. The zero-order valence-corrected chi connectivity index (χ0v) is 30.2. The number of rotatable bonds is 16. The van der Waals surface area contributed by atoms with Crippen molar-refractivity contribution in [3.63, 3.8) is 0 Å². The second kappa shape index (κ2) is 27.7. The van der Waals surface area contributed by atoms with Gasteiger partial charge in [0.2, 0.25) is 0 Å². The van der Waals surface area contributed by atoms with Gasteiger partial charge in [0, 0.05) is 24.7 Å². The lowest BCUT2D eigenvalue weighted by Gasteiger charge is -2.30. The van der Waals surface area contributed by atoms with Gasteiger partial charge in [-0.3, -0.25) is 9.59 Å². The first-order valence-electron chi connectivity index (χ1n) is 16.8. The summed E-state index contributed by atoms with van der Waals surface area (Å²) in [5, 5.41) is 3.55. The number of ether oxygens (including phenoxy) is 1. The number of nitrogens with zero attached hydrogens (tertiary/aromatic N) is 1. The van der Waals surface area contributed by atoms with E-state index in [-0.39, 0.29) is 11.9 Å². The number of terminal acetylenes is 1. The molecule has 0 aromatic heterocycles. The molecule has 2 aromatic rings. The van der Waals surface area contributed by atoms with Gasteiger partial charge in [-0.05, 0) is 101 Å². The van der Waals surface area contributed by atoms with Gasteiger partial charge in [-0.2, -0.15) is 0 Å². The molecule has 2 aromatic carbocycles. The summed E-state index contributed by atoms with van der Waals surface area (Å²) in [5.74, 6) is 0.0855. The number of nitrogens with two attached hydrogens (primary N) is 1. The highest BCUT2D eigenvalue weighted by molar-refractivity contribution is 5.94. The Morgan fingerprint density at radius 2 is 1.75 bits per heavy atom. The summed E-state index contributed by atoms with van der Waals surface area (Å²) in [5.41, 5.74) is 13.6. The van der Waals surface area contributed by atoms with Gasteiger partial charge in [0.25, 0.3) is 12.4 Å². The van der Waals surface area contributed by atoms with Crippen LogP contribution in [0.15, 0.2) is 103 Å². The van der Waals surface area contributed by atoms with Crippen LogP contribution in [0.1, 0.15) is 79.6 Å². The summed E-state index contributed by atoms with van der Waals surface area (Å²) < 4.78 is 4.52. The normalized spacial score (nSPS) is 12.5. The molecule has 48 heavy (non-hydrogen) atoms. The van der Waals surface area contributed by atoms with Gasteiger partial charge in [-0.15, -0.1) is 12.8 Å². The Morgan fingerprint density at radius 3 is 2.35 bits per heavy atom. The molecule has 0 radical (unpaired) electrons. The minimum Gasteiger partial charge on any atom is -0.463 e. The molecule has 1 unspecified atom stereocenters. The third-order valence-electron chi connectivity index (χ3n) is 7.22. The van der Waals surface area contributed by atoms with Crippen LogP contribution < -0.4 is 11.1 Å². The molecule has 1 atom stereocenters. The summed E-state index contributed by atoms with van der Waals surface area (Å²) >= 11 is 0. The van der Waals surface area contributed by atoms with Crippen LogP contribution >= 0.6 is 0 Å². The predicted molar refractivity (Wildman–Crippen MR) is 205 cm³/mol. The molecular weight excluding hydrogens is 594 g/mol. The molecule has 6 heteroatoms. The third kappa shape index (κ3) is 18.6. The van der Waals surface area contributed by atoms with Crippen LogP contribution in [0.4, 0.5) is 0 Å². The SMILES string of the molecule is C#C.C=C/C=C\C=C(/C)COC=O.CC.Cc1ccc(C(=O)N(Cc2cc(C)cc(CCN)c2)C(C)CCNCC2=CCCC=C2)cc1. The van der Waals surface area contributed by atoms with E-state index in [1.54, 1.807) is 6.08 Å². The molecule has 260 valence electrons. The van der Waals surface area contributed by atoms with Crippen molar-refractivity contribution in [2.24, 2.45) is 5.73 Å². The van der Waals surface area contributed by atoms with Gasteiger partial charge in [0.15, 0.2) is 0 Å². The van der Waals surface area contributed by atoms with E-state index in [9.17, 15) is 9.59 Å².